The van der Waals surface area contributed by atoms with Crippen LogP contribution >= 0.6 is 0 Å². The lowest BCUT2D eigenvalue weighted by Crippen LogP contribution is -2.27. The first-order valence-corrected chi connectivity index (χ1v) is 11.2. The minimum Gasteiger partial charge on any atom is -0.352 e. The molecule has 0 atom stereocenters. The largest absolute Gasteiger partial charge is 0.352 e. The topological polar surface area (TPSA) is 76.0 Å². The van der Waals surface area contributed by atoms with Gasteiger partial charge in [-0.2, -0.15) is 0 Å². The number of aromatic nitrogens is 2. The third kappa shape index (κ3) is 5.29. The molecule has 168 valence electrons. The summed E-state index contributed by atoms with van der Waals surface area (Å²) in [5, 5.41) is 5.99. The standard InChI is InChI=1S/C27H28N4O2/c1-3-20-8-4-5-9-22(20)30-26(32)18-31-24-11-7-6-10-23(24)29-25(31)16-17-28-27(33)21-14-12-19(2)13-15-21/h4-15H,3,16-18H2,1-2H3,(H,28,33)(H,30,32). The molecule has 0 saturated heterocycles. The molecule has 0 bridgehead atoms. The number of para-hydroxylation sites is 3. The summed E-state index contributed by atoms with van der Waals surface area (Å²) in [5.41, 5.74) is 5.40. The van der Waals surface area contributed by atoms with Crippen molar-refractivity contribution in [1.29, 1.82) is 0 Å². The number of nitrogens with one attached hydrogen (secondary N) is 2. The molecule has 0 unspecified atom stereocenters. The first kappa shape index (κ1) is 22.3. The second-order valence-electron chi connectivity index (χ2n) is 8.03. The summed E-state index contributed by atoms with van der Waals surface area (Å²) >= 11 is 0. The van der Waals surface area contributed by atoms with Crippen molar-refractivity contribution in [3.05, 3.63) is 95.3 Å². The number of fused-ring (bicyclic) bond motifs is 1. The van der Waals surface area contributed by atoms with E-state index < -0.39 is 0 Å². The van der Waals surface area contributed by atoms with Crippen LogP contribution in [0.1, 0.15) is 34.2 Å². The highest BCUT2D eigenvalue weighted by atomic mass is 16.2. The Hall–Kier alpha value is -3.93. The number of carbonyl (C=O) groups is 2. The molecule has 3 aromatic carbocycles. The van der Waals surface area contributed by atoms with E-state index in [1.165, 1.54) is 0 Å². The monoisotopic (exact) mass is 440 g/mol. The molecule has 0 fully saturated rings. The van der Waals surface area contributed by atoms with E-state index in [4.69, 9.17) is 4.98 Å². The van der Waals surface area contributed by atoms with E-state index in [0.29, 0.717) is 18.5 Å². The Morgan fingerprint density at radius 3 is 2.45 bits per heavy atom. The number of amides is 2. The van der Waals surface area contributed by atoms with Gasteiger partial charge >= 0.3 is 0 Å². The number of hydrogen-bond donors (Lipinski definition) is 2. The van der Waals surface area contributed by atoms with Crippen LogP contribution in [-0.2, 0) is 24.2 Å². The molecule has 0 spiro atoms. The first-order valence-electron chi connectivity index (χ1n) is 11.2. The fraction of sp³-hybridized carbons (Fsp3) is 0.222. The van der Waals surface area contributed by atoms with Crippen LogP contribution in [0.2, 0.25) is 0 Å². The number of imidazole rings is 1. The van der Waals surface area contributed by atoms with Crippen molar-refractivity contribution in [3.8, 4) is 0 Å². The van der Waals surface area contributed by atoms with E-state index in [-0.39, 0.29) is 18.4 Å². The van der Waals surface area contributed by atoms with Gasteiger partial charge in [-0.3, -0.25) is 9.59 Å². The fourth-order valence-electron chi connectivity index (χ4n) is 3.87. The summed E-state index contributed by atoms with van der Waals surface area (Å²) in [4.78, 5) is 30.1. The van der Waals surface area contributed by atoms with Crippen LogP contribution in [0.5, 0.6) is 0 Å². The van der Waals surface area contributed by atoms with E-state index in [0.717, 1.165) is 40.1 Å². The van der Waals surface area contributed by atoms with Gasteiger partial charge in [0.25, 0.3) is 5.91 Å². The molecule has 6 nitrogen and oxygen atoms in total. The molecule has 0 aliphatic rings. The molecular weight excluding hydrogens is 412 g/mol. The van der Waals surface area contributed by atoms with Crippen molar-refractivity contribution in [2.45, 2.75) is 33.2 Å². The van der Waals surface area contributed by atoms with Crippen LogP contribution in [-0.4, -0.2) is 27.9 Å². The van der Waals surface area contributed by atoms with E-state index in [9.17, 15) is 9.59 Å². The van der Waals surface area contributed by atoms with Crippen LogP contribution < -0.4 is 10.6 Å². The molecule has 0 saturated carbocycles. The predicted octanol–water partition coefficient (Wildman–Crippen LogP) is 4.52. The minimum absolute atomic E-state index is 0.107. The first-order chi connectivity index (χ1) is 16.0. The Labute approximate surface area is 193 Å². The number of nitrogens with zero attached hydrogens (tertiary/aromatic N) is 2. The van der Waals surface area contributed by atoms with Crippen molar-refractivity contribution in [3.63, 3.8) is 0 Å². The molecule has 0 radical (unpaired) electrons. The molecule has 4 rings (SSSR count). The minimum atomic E-state index is -0.119. The number of carbonyl (C=O) groups excluding carboxylic acids is 2. The lowest BCUT2D eigenvalue weighted by atomic mass is 10.1. The maximum atomic E-state index is 12.9. The van der Waals surface area contributed by atoms with E-state index in [1.54, 1.807) is 0 Å². The zero-order valence-corrected chi connectivity index (χ0v) is 19.0. The maximum Gasteiger partial charge on any atom is 0.251 e. The van der Waals surface area contributed by atoms with Gasteiger partial charge in [0.15, 0.2) is 0 Å². The summed E-state index contributed by atoms with van der Waals surface area (Å²) in [6, 6.07) is 23.1. The Morgan fingerprint density at radius 2 is 1.67 bits per heavy atom. The second-order valence-corrected chi connectivity index (χ2v) is 8.03. The van der Waals surface area contributed by atoms with Gasteiger partial charge in [-0.05, 0) is 49.2 Å². The number of anilines is 1. The third-order valence-electron chi connectivity index (χ3n) is 5.66. The lowest BCUT2D eigenvalue weighted by Gasteiger charge is -2.12. The Balaban J connectivity index is 1.48. The summed E-state index contributed by atoms with van der Waals surface area (Å²) in [5.74, 6) is 0.537. The van der Waals surface area contributed by atoms with Crippen molar-refractivity contribution >= 4 is 28.5 Å². The Morgan fingerprint density at radius 1 is 0.939 bits per heavy atom. The highest BCUT2D eigenvalue weighted by molar-refractivity contribution is 5.94. The van der Waals surface area contributed by atoms with Crippen LogP contribution in [0.4, 0.5) is 5.69 Å². The number of rotatable bonds is 8. The average Bonchev–Trinajstić information content (AvgIpc) is 3.17. The smallest absolute Gasteiger partial charge is 0.251 e. The van der Waals surface area contributed by atoms with Crippen LogP contribution in [0.15, 0.2) is 72.8 Å². The van der Waals surface area contributed by atoms with E-state index in [1.807, 2.05) is 84.3 Å². The van der Waals surface area contributed by atoms with Crippen LogP contribution in [0, 0.1) is 6.92 Å². The van der Waals surface area contributed by atoms with Gasteiger partial charge in [0.2, 0.25) is 5.91 Å². The fourth-order valence-corrected chi connectivity index (χ4v) is 3.87. The van der Waals surface area contributed by atoms with Gasteiger partial charge in [0, 0.05) is 24.2 Å². The third-order valence-corrected chi connectivity index (χ3v) is 5.66. The molecular formula is C27H28N4O2. The van der Waals surface area contributed by atoms with Gasteiger partial charge in [-0.25, -0.2) is 4.98 Å². The molecule has 2 amide bonds. The number of benzene rings is 3. The second kappa shape index (κ2) is 10.1. The number of hydrogen-bond acceptors (Lipinski definition) is 3. The molecule has 33 heavy (non-hydrogen) atoms. The maximum absolute atomic E-state index is 12.9. The molecule has 4 aromatic rings. The van der Waals surface area contributed by atoms with Crippen LogP contribution in [0.25, 0.3) is 11.0 Å². The average molecular weight is 441 g/mol. The van der Waals surface area contributed by atoms with Crippen molar-refractivity contribution in [2.24, 2.45) is 0 Å². The highest BCUT2D eigenvalue weighted by Crippen LogP contribution is 2.19. The van der Waals surface area contributed by atoms with Crippen molar-refractivity contribution in [2.75, 3.05) is 11.9 Å². The van der Waals surface area contributed by atoms with E-state index >= 15 is 0 Å². The van der Waals surface area contributed by atoms with Crippen LogP contribution in [0.3, 0.4) is 0 Å². The lowest BCUT2D eigenvalue weighted by molar-refractivity contribution is -0.116. The molecule has 1 aromatic heterocycles. The van der Waals surface area contributed by atoms with Crippen molar-refractivity contribution in [1.82, 2.24) is 14.9 Å². The summed E-state index contributed by atoms with van der Waals surface area (Å²) < 4.78 is 1.93. The Bertz CT molecular complexity index is 1280. The molecule has 2 N–H and O–H groups in total. The quantitative estimate of drug-likeness (QED) is 0.423. The van der Waals surface area contributed by atoms with Gasteiger partial charge in [0.1, 0.15) is 12.4 Å². The van der Waals surface area contributed by atoms with E-state index in [2.05, 4.69) is 17.6 Å². The summed E-state index contributed by atoms with van der Waals surface area (Å²) in [7, 11) is 0. The zero-order chi connectivity index (χ0) is 23.2. The Kier molecular flexibility index (Phi) is 6.83. The predicted molar refractivity (Wildman–Crippen MR) is 131 cm³/mol. The summed E-state index contributed by atoms with van der Waals surface area (Å²) in [6.07, 6.45) is 1.36. The molecule has 1 heterocycles. The highest BCUT2D eigenvalue weighted by Gasteiger charge is 2.15. The normalized spacial score (nSPS) is 10.8. The zero-order valence-electron chi connectivity index (χ0n) is 19.0. The van der Waals surface area contributed by atoms with Gasteiger partial charge in [0.05, 0.1) is 11.0 Å². The van der Waals surface area contributed by atoms with Gasteiger partial charge in [-0.1, -0.05) is 55.0 Å². The van der Waals surface area contributed by atoms with Gasteiger partial charge in [-0.15, -0.1) is 0 Å². The SMILES string of the molecule is CCc1ccccc1NC(=O)Cn1c(CCNC(=O)c2ccc(C)cc2)nc2ccccc21. The molecule has 0 aliphatic heterocycles. The summed E-state index contributed by atoms with van der Waals surface area (Å²) in [6.45, 7) is 4.64. The molecule has 6 heteroatoms. The van der Waals surface area contributed by atoms with Crippen molar-refractivity contribution < 1.29 is 9.59 Å². The molecule has 0 aliphatic carbocycles. The van der Waals surface area contributed by atoms with Gasteiger partial charge < -0.3 is 15.2 Å². The number of aryl methyl sites for hydroxylation is 2.